The summed E-state index contributed by atoms with van der Waals surface area (Å²) in [6, 6.07) is 16.5. The van der Waals surface area contributed by atoms with E-state index in [9.17, 15) is 4.79 Å². The van der Waals surface area contributed by atoms with Gasteiger partial charge in [-0.2, -0.15) is 5.10 Å². The van der Waals surface area contributed by atoms with Crippen LogP contribution in [0.2, 0.25) is 0 Å². The zero-order chi connectivity index (χ0) is 20.1. The summed E-state index contributed by atoms with van der Waals surface area (Å²) in [5, 5.41) is 13.4. The third kappa shape index (κ3) is 3.26. The maximum Gasteiger partial charge on any atom is 0.320 e. The monoisotopic (exact) mass is 400 g/mol. The number of aromatic nitrogens is 2. The molecule has 3 aromatic rings. The van der Waals surface area contributed by atoms with Crippen LogP contribution in [0.15, 0.2) is 54.7 Å². The van der Waals surface area contributed by atoms with Crippen molar-refractivity contribution in [3.8, 4) is 0 Å². The minimum absolute atomic E-state index is 0.0182. The van der Waals surface area contributed by atoms with Crippen LogP contribution in [-0.4, -0.2) is 21.4 Å². The van der Waals surface area contributed by atoms with Gasteiger partial charge in [0.2, 0.25) is 0 Å². The molecule has 1 aromatic heterocycles. The molecular weight excluding hydrogens is 372 g/mol. The van der Waals surface area contributed by atoms with Gasteiger partial charge in [-0.05, 0) is 72.6 Å². The molecule has 2 aromatic carbocycles. The molecule has 0 unspecified atom stereocenters. The molecule has 5 nitrogen and oxygen atoms in total. The number of hydrogen-bond donors (Lipinski definition) is 2. The predicted molar refractivity (Wildman–Crippen MR) is 118 cm³/mol. The van der Waals surface area contributed by atoms with Crippen molar-refractivity contribution in [1.29, 1.82) is 0 Å². The van der Waals surface area contributed by atoms with E-state index in [0.29, 0.717) is 12.4 Å². The van der Waals surface area contributed by atoms with E-state index in [1.54, 1.807) is 0 Å². The highest BCUT2D eigenvalue weighted by molar-refractivity contribution is 5.89. The van der Waals surface area contributed by atoms with Gasteiger partial charge in [0.25, 0.3) is 0 Å². The summed E-state index contributed by atoms with van der Waals surface area (Å²) in [5.74, 6) is 3.06. The molecule has 30 heavy (non-hydrogen) atoms. The molecule has 154 valence electrons. The summed E-state index contributed by atoms with van der Waals surface area (Å²) in [4.78, 5) is 12.8. The van der Waals surface area contributed by atoms with Gasteiger partial charge in [0.05, 0.1) is 6.54 Å². The molecule has 4 bridgehead atoms. The lowest BCUT2D eigenvalue weighted by Gasteiger charge is -2.56. The standard InChI is InChI=1S/C25H28N4O/c30-24(27-25-13-17-10-18(14-25)12-19(11-17)15-25)26-23-8-9-29(28-23)16-21-6-3-5-20-4-1-2-7-22(20)21/h1-9,17-19H,10-16H2,(H2,26,27,28,30). The molecule has 4 aliphatic rings. The molecule has 5 heteroatoms. The lowest BCUT2D eigenvalue weighted by Crippen LogP contribution is -2.60. The van der Waals surface area contributed by atoms with Gasteiger partial charge in [0, 0.05) is 17.8 Å². The average molecular weight is 401 g/mol. The van der Waals surface area contributed by atoms with Crippen LogP contribution < -0.4 is 10.6 Å². The second kappa shape index (κ2) is 6.86. The maximum absolute atomic E-state index is 12.8. The SMILES string of the molecule is O=C(Nc1ccn(Cc2cccc3ccccc23)n1)NC12CC3CC(CC(C3)C1)C2. The number of carbonyl (C=O) groups is 1. The van der Waals surface area contributed by atoms with Crippen LogP contribution in [0.5, 0.6) is 0 Å². The van der Waals surface area contributed by atoms with Gasteiger partial charge in [-0.1, -0.05) is 42.5 Å². The molecule has 0 atom stereocenters. The third-order valence-corrected chi connectivity index (χ3v) is 7.51. The number of benzene rings is 2. The van der Waals surface area contributed by atoms with Crippen molar-refractivity contribution in [2.45, 2.75) is 50.6 Å². The number of anilines is 1. The summed E-state index contributed by atoms with van der Waals surface area (Å²) in [6.07, 6.45) is 9.53. The highest BCUT2D eigenvalue weighted by Gasteiger charge is 2.51. The fourth-order valence-electron chi connectivity index (χ4n) is 6.77. The van der Waals surface area contributed by atoms with Gasteiger partial charge >= 0.3 is 6.03 Å². The van der Waals surface area contributed by atoms with E-state index in [4.69, 9.17) is 0 Å². The smallest absolute Gasteiger partial charge is 0.320 e. The van der Waals surface area contributed by atoms with E-state index in [0.717, 1.165) is 37.0 Å². The van der Waals surface area contributed by atoms with Gasteiger partial charge in [0.1, 0.15) is 0 Å². The Kier molecular flexibility index (Phi) is 4.12. The Morgan fingerprint density at radius 1 is 0.967 bits per heavy atom. The predicted octanol–water partition coefficient (Wildman–Crippen LogP) is 5.17. The summed E-state index contributed by atoms with van der Waals surface area (Å²) in [7, 11) is 0. The van der Waals surface area contributed by atoms with Crippen LogP contribution in [-0.2, 0) is 6.54 Å². The van der Waals surface area contributed by atoms with Crippen molar-refractivity contribution in [2.24, 2.45) is 17.8 Å². The van der Waals surface area contributed by atoms with Gasteiger partial charge in [-0.25, -0.2) is 4.79 Å². The molecule has 4 saturated carbocycles. The maximum atomic E-state index is 12.8. The lowest BCUT2D eigenvalue weighted by atomic mass is 9.53. The number of nitrogens with one attached hydrogen (secondary N) is 2. The molecule has 4 fully saturated rings. The number of fused-ring (bicyclic) bond motifs is 1. The molecule has 0 spiro atoms. The van der Waals surface area contributed by atoms with Crippen molar-refractivity contribution < 1.29 is 4.79 Å². The second-order valence-electron chi connectivity index (χ2n) is 9.81. The average Bonchev–Trinajstić information content (AvgIpc) is 3.13. The summed E-state index contributed by atoms with van der Waals surface area (Å²) in [6.45, 7) is 0.680. The minimum Gasteiger partial charge on any atom is -0.332 e. The molecule has 7 rings (SSSR count). The summed E-state index contributed by atoms with van der Waals surface area (Å²) in [5.41, 5.74) is 1.24. The molecule has 2 amide bonds. The number of nitrogens with zero attached hydrogens (tertiary/aromatic N) is 2. The molecule has 0 radical (unpaired) electrons. The first-order valence-corrected chi connectivity index (χ1v) is 11.2. The van der Waals surface area contributed by atoms with E-state index in [1.807, 2.05) is 16.9 Å². The summed E-state index contributed by atoms with van der Waals surface area (Å²) >= 11 is 0. The van der Waals surface area contributed by atoms with E-state index in [2.05, 4.69) is 58.2 Å². The zero-order valence-electron chi connectivity index (χ0n) is 17.2. The first-order chi connectivity index (χ1) is 14.6. The van der Waals surface area contributed by atoms with Gasteiger partial charge in [-0.3, -0.25) is 10.00 Å². The molecule has 4 aliphatic carbocycles. The molecule has 0 aliphatic heterocycles. The number of urea groups is 1. The van der Waals surface area contributed by atoms with E-state index < -0.39 is 0 Å². The minimum atomic E-state index is -0.104. The Bertz CT molecular complexity index is 1060. The Morgan fingerprint density at radius 2 is 1.67 bits per heavy atom. The Labute approximate surface area is 176 Å². The Hall–Kier alpha value is -2.82. The molecule has 0 saturated heterocycles. The second-order valence-corrected chi connectivity index (χ2v) is 9.81. The van der Waals surface area contributed by atoms with Gasteiger partial charge in [0.15, 0.2) is 5.82 Å². The first kappa shape index (κ1) is 18.0. The lowest BCUT2D eigenvalue weighted by molar-refractivity contribution is -0.0127. The molecule has 1 heterocycles. The highest BCUT2D eigenvalue weighted by atomic mass is 16.2. The third-order valence-electron chi connectivity index (χ3n) is 7.51. The van der Waals surface area contributed by atoms with Gasteiger partial charge in [-0.15, -0.1) is 0 Å². The molecular formula is C25H28N4O. The van der Waals surface area contributed by atoms with Crippen molar-refractivity contribution in [3.05, 3.63) is 60.3 Å². The molecule has 2 N–H and O–H groups in total. The van der Waals surface area contributed by atoms with Gasteiger partial charge < -0.3 is 5.32 Å². The van der Waals surface area contributed by atoms with E-state index in [-0.39, 0.29) is 11.6 Å². The largest absolute Gasteiger partial charge is 0.332 e. The number of hydrogen-bond acceptors (Lipinski definition) is 2. The number of carbonyl (C=O) groups excluding carboxylic acids is 1. The number of amides is 2. The quantitative estimate of drug-likeness (QED) is 0.634. The van der Waals surface area contributed by atoms with Crippen molar-refractivity contribution >= 4 is 22.6 Å². The van der Waals surface area contributed by atoms with E-state index >= 15 is 0 Å². The topological polar surface area (TPSA) is 59.0 Å². The zero-order valence-corrected chi connectivity index (χ0v) is 17.2. The van der Waals surface area contributed by atoms with Crippen LogP contribution in [0.25, 0.3) is 10.8 Å². The van der Waals surface area contributed by atoms with Crippen LogP contribution in [0.3, 0.4) is 0 Å². The van der Waals surface area contributed by atoms with Crippen molar-refractivity contribution in [2.75, 3.05) is 5.32 Å². The van der Waals surface area contributed by atoms with Crippen LogP contribution in [0.4, 0.5) is 10.6 Å². The Morgan fingerprint density at radius 3 is 2.43 bits per heavy atom. The van der Waals surface area contributed by atoms with Crippen molar-refractivity contribution in [1.82, 2.24) is 15.1 Å². The normalized spacial score (nSPS) is 29.3. The van der Waals surface area contributed by atoms with Crippen LogP contribution >= 0.6 is 0 Å². The summed E-state index contributed by atoms with van der Waals surface area (Å²) < 4.78 is 1.89. The van der Waals surface area contributed by atoms with Crippen LogP contribution in [0, 0.1) is 17.8 Å². The van der Waals surface area contributed by atoms with Crippen LogP contribution in [0.1, 0.15) is 44.1 Å². The highest BCUT2D eigenvalue weighted by Crippen LogP contribution is 2.55. The van der Waals surface area contributed by atoms with E-state index in [1.165, 1.54) is 35.6 Å². The first-order valence-electron chi connectivity index (χ1n) is 11.2. The fourth-order valence-corrected chi connectivity index (χ4v) is 6.77. The fraction of sp³-hybridized carbons (Fsp3) is 0.440. The number of rotatable bonds is 4. The Balaban J connectivity index is 1.13. The van der Waals surface area contributed by atoms with Crippen molar-refractivity contribution in [3.63, 3.8) is 0 Å².